The highest BCUT2D eigenvalue weighted by atomic mass is 35.5. The molecule has 0 unspecified atom stereocenters. The number of nitrogens with two attached hydrogens (primary N) is 1. The van der Waals surface area contributed by atoms with Crippen LogP contribution in [0.5, 0.6) is 0 Å². The minimum absolute atomic E-state index is 0.166. The van der Waals surface area contributed by atoms with E-state index in [1.807, 2.05) is 0 Å². The average molecular weight is 256 g/mol. The zero-order chi connectivity index (χ0) is 11.5. The van der Waals surface area contributed by atoms with Crippen LogP contribution in [0.2, 0.25) is 5.02 Å². The molecule has 8 heteroatoms. The van der Waals surface area contributed by atoms with E-state index in [1.165, 1.54) is 6.20 Å². The van der Waals surface area contributed by atoms with Gasteiger partial charge >= 0.3 is 0 Å². The molecule has 2 aromatic rings. The number of amides is 1. The van der Waals surface area contributed by atoms with E-state index in [0.29, 0.717) is 5.02 Å². The summed E-state index contributed by atoms with van der Waals surface area (Å²) in [4.78, 5) is 15.5. The smallest absolute Gasteiger partial charge is 0.287 e. The maximum atomic E-state index is 11.6. The van der Waals surface area contributed by atoms with Crippen LogP contribution in [0.1, 0.15) is 9.80 Å². The van der Waals surface area contributed by atoms with Gasteiger partial charge in [-0.2, -0.15) is 0 Å². The molecule has 0 aliphatic heterocycles. The lowest BCUT2D eigenvalue weighted by Crippen LogP contribution is -2.12. The molecule has 16 heavy (non-hydrogen) atoms. The van der Waals surface area contributed by atoms with Crippen molar-refractivity contribution in [3.63, 3.8) is 0 Å². The summed E-state index contributed by atoms with van der Waals surface area (Å²) in [5.74, 6) is -0.155. The van der Waals surface area contributed by atoms with Gasteiger partial charge in [0.25, 0.3) is 5.91 Å². The fraction of sp³-hybridized carbons (Fsp3) is 0. The molecule has 0 aliphatic carbocycles. The van der Waals surface area contributed by atoms with Gasteiger partial charge in [0.05, 0.1) is 5.02 Å². The molecule has 0 bridgehead atoms. The topological polar surface area (TPSA) is 93.8 Å². The molecule has 0 radical (unpaired) electrons. The third-order valence-corrected chi connectivity index (χ3v) is 2.68. The van der Waals surface area contributed by atoms with E-state index in [9.17, 15) is 4.79 Å². The molecule has 3 N–H and O–H groups in total. The second-order valence-corrected chi connectivity index (χ2v) is 4.15. The van der Waals surface area contributed by atoms with Gasteiger partial charge in [-0.3, -0.25) is 4.79 Å². The van der Waals surface area contributed by atoms with E-state index in [-0.39, 0.29) is 16.0 Å². The Labute approximate surface area is 99.5 Å². The van der Waals surface area contributed by atoms with Crippen molar-refractivity contribution in [2.24, 2.45) is 0 Å². The van der Waals surface area contributed by atoms with E-state index < -0.39 is 5.91 Å². The molecular weight excluding hydrogens is 250 g/mol. The van der Waals surface area contributed by atoms with Crippen LogP contribution in [0.25, 0.3) is 0 Å². The lowest BCUT2D eigenvalue weighted by molar-refractivity contribution is 0.102. The average Bonchev–Trinajstić information content (AvgIpc) is 2.68. The Hall–Kier alpha value is -1.73. The van der Waals surface area contributed by atoms with Crippen molar-refractivity contribution >= 4 is 39.8 Å². The van der Waals surface area contributed by atoms with Crippen molar-refractivity contribution in [2.75, 3.05) is 11.1 Å². The molecule has 2 rings (SSSR count). The van der Waals surface area contributed by atoms with Crippen molar-refractivity contribution in [1.82, 2.24) is 15.2 Å². The zero-order valence-electron chi connectivity index (χ0n) is 7.85. The maximum Gasteiger partial charge on any atom is 0.287 e. The van der Waals surface area contributed by atoms with E-state index in [2.05, 4.69) is 20.5 Å². The van der Waals surface area contributed by atoms with Crippen LogP contribution in [-0.4, -0.2) is 21.1 Å². The van der Waals surface area contributed by atoms with Gasteiger partial charge < -0.3 is 11.1 Å². The van der Waals surface area contributed by atoms with Crippen LogP contribution in [0.4, 0.5) is 10.9 Å². The Kier molecular flexibility index (Phi) is 2.97. The molecule has 0 saturated carbocycles. The minimum atomic E-state index is -0.435. The van der Waals surface area contributed by atoms with Crippen LogP contribution >= 0.6 is 22.9 Å². The normalized spacial score (nSPS) is 10.1. The highest BCUT2D eigenvalue weighted by Gasteiger charge is 2.13. The number of aromatic nitrogens is 3. The van der Waals surface area contributed by atoms with Crippen molar-refractivity contribution < 1.29 is 4.79 Å². The first-order valence-corrected chi connectivity index (χ1v) is 5.37. The molecule has 0 spiro atoms. The molecule has 0 aliphatic rings. The summed E-state index contributed by atoms with van der Waals surface area (Å²) in [5.41, 5.74) is 5.36. The Morgan fingerprint density at radius 1 is 1.50 bits per heavy atom. The Morgan fingerprint density at radius 3 is 2.94 bits per heavy atom. The van der Waals surface area contributed by atoms with Gasteiger partial charge in [0.15, 0.2) is 5.82 Å². The van der Waals surface area contributed by atoms with Gasteiger partial charge in [0.1, 0.15) is 0 Å². The molecule has 2 aromatic heterocycles. The van der Waals surface area contributed by atoms with Crippen molar-refractivity contribution in [3.8, 4) is 0 Å². The van der Waals surface area contributed by atoms with Crippen LogP contribution in [0, 0.1) is 0 Å². The summed E-state index contributed by atoms with van der Waals surface area (Å²) in [6, 6.07) is 3.29. The maximum absolute atomic E-state index is 11.6. The van der Waals surface area contributed by atoms with Crippen LogP contribution in [-0.2, 0) is 0 Å². The fourth-order valence-electron chi connectivity index (χ4n) is 0.965. The van der Waals surface area contributed by atoms with E-state index >= 15 is 0 Å². The van der Waals surface area contributed by atoms with Crippen molar-refractivity contribution in [2.45, 2.75) is 0 Å². The highest BCUT2D eigenvalue weighted by molar-refractivity contribution is 7.16. The van der Waals surface area contributed by atoms with Gasteiger partial charge in [-0.15, -0.1) is 10.2 Å². The Balaban J connectivity index is 2.17. The molecule has 0 aromatic carbocycles. The molecule has 6 nitrogen and oxygen atoms in total. The van der Waals surface area contributed by atoms with Crippen molar-refractivity contribution in [3.05, 3.63) is 28.4 Å². The number of nitrogens with one attached hydrogen (secondary N) is 1. The standard InChI is InChI=1S/C8H6ClN5OS/c9-4-2-1-3-11-5(4)12-6(15)7-13-14-8(10)16-7/h1-3H,(H2,10,14)(H,11,12,15). The minimum Gasteiger partial charge on any atom is -0.374 e. The third kappa shape index (κ3) is 2.26. The Morgan fingerprint density at radius 2 is 2.31 bits per heavy atom. The number of hydrogen-bond acceptors (Lipinski definition) is 6. The number of nitrogen functional groups attached to an aromatic ring is 1. The Bertz CT molecular complexity index is 529. The van der Waals surface area contributed by atoms with Gasteiger partial charge in [-0.25, -0.2) is 4.98 Å². The monoisotopic (exact) mass is 255 g/mol. The molecule has 0 saturated heterocycles. The zero-order valence-corrected chi connectivity index (χ0v) is 9.42. The number of halogens is 1. The number of carbonyl (C=O) groups excluding carboxylic acids is 1. The van der Waals surface area contributed by atoms with E-state index in [1.54, 1.807) is 12.1 Å². The quantitative estimate of drug-likeness (QED) is 0.846. The fourth-order valence-corrected chi connectivity index (χ4v) is 1.64. The van der Waals surface area contributed by atoms with Gasteiger partial charge in [0.2, 0.25) is 10.1 Å². The van der Waals surface area contributed by atoms with E-state index in [0.717, 1.165) is 11.3 Å². The van der Waals surface area contributed by atoms with Crippen molar-refractivity contribution in [1.29, 1.82) is 0 Å². The van der Waals surface area contributed by atoms with Gasteiger partial charge in [-0.05, 0) is 12.1 Å². The van der Waals surface area contributed by atoms with Crippen LogP contribution in [0.3, 0.4) is 0 Å². The third-order valence-electron chi connectivity index (χ3n) is 1.63. The highest BCUT2D eigenvalue weighted by Crippen LogP contribution is 2.19. The number of rotatable bonds is 2. The molecule has 82 valence electrons. The number of anilines is 2. The number of carbonyl (C=O) groups is 1. The lowest BCUT2D eigenvalue weighted by atomic mass is 10.4. The van der Waals surface area contributed by atoms with E-state index in [4.69, 9.17) is 17.3 Å². The van der Waals surface area contributed by atoms with Crippen LogP contribution in [0.15, 0.2) is 18.3 Å². The lowest BCUT2D eigenvalue weighted by Gasteiger charge is -2.02. The largest absolute Gasteiger partial charge is 0.374 e. The van der Waals surface area contributed by atoms with Crippen LogP contribution < -0.4 is 11.1 Å². The number of hydrogen-bond donors (Lipinski definition) is 2. The molecular formula is C8H6ClN5OS. The SMILES string of the molecule is Nc1nnc(C(=O)Nc2ncccc2Cl)s1. The predicted molar refractivity (Wildman–Crippen MR) is 61.5 cm³/mol. The second kappa shape index (κ2) is 4.42. The number of nitrogens with zero attached hydrogens (tertiary/aromatic N) is 3. The number of pyridine rings is 1. The molecule has 0 fully saturated rings. The summed E-state index contributed by atoms with van der Waals surface area (Å²) in [7, 11) is 0. The summed E-state index contributed by atoms with van der Waals surface area (Å²) in [5, 5.41) is 10.4. The summed E-state index contributed by atoms with van der Waals surface area (Å²) in [6.07, 6.45) is 1.52. The summed E-state index contributed by atoms with van der Waals surface area (Å²) in [6.45, 7) is 0. The predicted octanol–water partition coefficient (Wildman–Crippen LogP) is 1.42. The second-order valence-electron chi connectivity index (χ2n) is 2.73. The molecule has 1 amide bonds. The molecule has 2 heterocycles. The summed E-state index contributed by atoms with van der Waals surface area (Å²) < 4.78 is 0. The summed E-state index contributed by atoms with van der Waals surface area (Å²) >= 11 is 6.82. The van der Waals surface area contributed by atoms with Gasteiger partial charge in [0, 0.05) is 6.20 Å². The first-order chi connectivity index (χ1) is 7.66. The van der Waals surface area contributed by atoms with Gasteiger partial charge in [-0.1, -0.05) is 22.9 Å². The first-order valence-electron chi connectivity index (χ1n) is 4.17. The first kappa shape index (κ1) is 10.8. The molecule has 0 atom stereocenters.